The second-order valence-electron chi connectivity index (χ2n) is 6.48. The summed E-state index contributed by atoms with van der Waals surface area (Å²) in [6.45, 7) is 0.903. The number of pyridine rings is 1. The van der Waals surface area contributed by atoms with E-state index in [0.29, 0.717) is 34.6 Å². The third-order valence-electron chi connectivity index (χ3n) is 4.61. The van der Waals surface area contributed by atoms with Crippen LogP contribution in [-0.2, 0) is 13.1 Å². The number of aromatic nitrogens is 1. The highest BCUT2D eigenvalue weighted by Crippen LogP contribution is 2.34. The Hall–Kier alpha value is -2.96. The van der Waals surface area contributed by atoms with Crippen LogP contribution in [0.15, 0.2) is 54.9 Å². The zero-order chi connectivity index (χ0) is 21.7. The maximum Gasteiger partial charge on any atom is 0.335 e. The third-order valence-corrected chi connectivity index (χ3v) is 5.26. The summed E-state index contributed by atoms with van der Waals surface area (Å²) in [4.78, 5) is 17.2. The van der Waals surface area contributed by atoms with Crippen molar-refractivity contribution in [1.29, 1.82) is 0 Å². The van der Waals surface area contributed by atoms with Crippen molar-refractivity contribution in [3.63, 3.8) is 0 Å². The van der Waals surface area contributed by atoms with Crippen LogP contribution >= 0.6 is 23.2 Å². The Bertz CT molecular complexity index is 1020. The summed E-state index contributed by atoms with van der Waals surface area (Å²) < 4.78 is 10.8. The van der Waals surface area contributed by atoms with Crippen molar-refractivity contribution >= 4 is 34.9 Å². The van der Waals surface area contributed by atoms with Gasteiger partial charge < -0.3 is 19.5 Å². The summed E-state index contributed by atoms with van der Waals surface area (Å²) >= 11 is 12.7. The predicted octanol–water partition coefficient (Wildman–Crippen LogP) is 5.31. The lowest BCUT2D eigenvalue weighted by atomic mass is 10.1. The van der Waals surface area contributed by atoms with E-state index in [1.54, 1.807) is 50.9 Å². The van der Waals surface area contributed by atoms with Gasteiger partial charge in [-0.1, -0.05) is 35.3 Å². The number of benzene rings is 2. The molecule has 3 rings (SSSR count). The monoisotopic (exact) mass is 446 g/mol. The van der Waals surface area contributed by atoms with Crippen LogP contribution in [0.5, 0.6) is 11.5 Å². The topological polar surface area (TPSA) is 71.9 Å². The molecule has 0 aliphatic rings. The summed E-state index contributed by atoms with van der Waals surface area (Å²) in [5.41, 5.74) is 2.76. The van der Waals surface area contributed by atoms with Crippen molar-refractivity contribution in [3.05, 3.63) is 81.6 Å². The maximum atomic E-state index is 11.1. The van der Waals surface area contributed by atoms with Gasteiger partial charge >= 0.3 is 5.97 Å². The minimum absolute atomic E-state index is 0.233. The summed E-state index contributed by atoms with van der Waals surface area (Å²) in [6.07, 6.45) is 3.11. The Morgan fingerprint density at radius 1 is 0.967 bits per heavy atom. The van der Waals surface area contributed by atoms with Crippen molar-refractivity contribution in [3.8, 4) is 11.5 Å². The lowest BCUT2D eigenvalue weighted by molar-refractivity contribution is 0.0697. The van der Waals surface area contributed by atoms with Crippen LogP contribution in [0.2, 0.25) is 10.0 Å². The summed E-state index contributed by atoms with van der Waals surface area (Å²) in [5.74, 6) is 0.244. The van der Waals surface area contributed by atoms with Gasteiger partial charge in [-0.15, -0.1) is 0 Å². The van der Waals surface area contributed by atoms with Gasteiger partial charge in [0, 0.05) is 42.8 Å². The quantitative estimate of drug-likeness (QED) is 0.505. The second-order valence-corrected chi connectivity index (χ2v) is 7.29. The number of aromatic carboxylic acids is 1. The van der Waals surface area contributed by atoms with E-state index in [1.165, 1.54) is 0 Å². The fourth-order valence-electron chi connectivity index (χ4n) is 3.01. The van der Waals surface area contributed by atoms with Crippen molar-refractivity contribution in [2.45, 2.75) is 13.1 Å². The molecule has 0 aliphatic heterocycles. The van der Waals surface area contributed by atoms with E-state index < -0.39 is 5.97 Å². The molecule has 6 nitrogen and oxygen atoms in total. The van der Waals surface area contributed by atoms with Crippen molar-refractivity contribution < 1.29 is 19.4 Å². The molecular weight excluding hydrogens is 427 g/mol. The van der Waals surface area contributed by atoms with E-state index in [2.05, 4.69) is 9.88 Å². The lowest BCUT2D eigenvalue weighted by Crippen LogP contribution is -2.22. The maximum absolute atomic E-state index is 11.1. The molecule has 0 spiro atoms. The average Bonchev–Trinajstić information content (AvgIpc) is 2.75. The Kier molecular flexibility index (Phi) is 7.03. The van der Waals surface area contributed by atoms with Crippen LogP contribution in [0.25, 0.3) is 0 Å². The minimum Gasteiger partial charge on any atom is -0.493 e. The Morgan fingerprint density at radius 2 is 1.60 bits per heavy atom. The molecule has 1 aromatic heterocycles. The highest BCUT2D eigenvalue weighted by atomic mass is 35.5. The van der Waals surface area contributed by atoms with Gasteiger partial charge in [-0.2, -0.15) is 0 Å². The third kappa shape index (κ3) is 4.96. The molecule has 156 valence electrons. The van der Waals surface area contributed by atoms with Gasteiger partial charge in [0.2, 0.25) is 0 Å². The first-order chi connectivity index (χ1) is 14.4. The zero-order valence-electron chi connectivity index (χ0n) is 16.4. The number of hydrogen-bond acceptors (Lipinski definition) is 5. The Morgan fingerprint density at radius 3 is 2.17 bits per heavy atom. The highest BCUT2D eigenvalue weighted by molar-refractivity contribution is 6.35. The molecule has 30 heavy (non-hydrogen) atoms. The molecule has 8 heteroatoms. The molecule has 0 bridgehead atoms. The largest absolute Gasteiger partial charge is 0.493 e. The molecular formula is C22H20Cl2N2O4. The first-order valence-electron chi connectivity index (χ1n) is 9.00. The minimum atomic E-state index is -0.964. The van der Waals surface area contributed by atoms with Crippen molar-refractivity contribution in [2.75, 3.05) is 19.1 Å². The number of nitrogens with zero attached hydrogens (tertiary/aromatic N) is 2. The summed E-state index contributed by atoms with van der Waals surface area (Å²) in [6, 6.07) is 12.3. The normalized spacial score (nSPS) is 10.5. The summed E-state index contributed by atoms with van der Waals surface area (Å²) in [7, 11) is 3.16. The number of hydrogen-bond donors (Lipinski definition) is 1. The molecule has 2 aromatic carbocycles. The van der Waals surface area contributed by atoms with E-state index >= 15 is 0 Å². The number of methoxy groups -OCH3 is 2. The second kappa shape index (κ2) is 9.69. The summed E-state index contributed by atoms with van der Waals surface area (Å²) in [5, 5.41) is 10.1. The molecule has 0 fully saturated rings. The number of ether oxygens (including phenoxy) is 2. The van der Waals surface area contributed by atoms with Gasteiger partial charge in [0.25, 0.3) is 0 Å². The predicted molar refractivity (Wildman–Crippen MR) is 117 cm³/mol. The van der Waals surface area contributed by atoms with E-state index in [4.69, 9.17) is 37.8 Å². The van der Waals surface area contributed by atoms with E-state index in [0.717, 1.165) is 16.8 Å². The molecule has 0 aliphatic carbocycles. The van der Waals surface area contributed by atoms with Crippen LogP contribution in [0, 0.1) is 0 Å². The number of rotatable bonds is 8. The van der Waals surface area contributed by atoms with Crippen molar-refractivity contribution in [1.82, 2.24) is 4.98 Å². The molecule has 0 atom stereocenters. The first-order valence-corrected chi connectivity index (χ1v) is 9.75. The standard InChI is InChI=1S/C22H20Cl2N2O4/c1-29-20-8-7-16(9-21(20)30-2)26(13-17-18(23)10-25-11-19(17)24)12-14-3-5-15(6-4-14)22(27)28/h3-11H,12-13H2,1-2H3,(H,27,28). The lowest BCUT2D eigenvalue weighted by Gasteiger charge is -2.27. The smallest absolute Gasteiger partial charge is 0.335 e. The zero-order valence-corrected chi connectivity index (χ0v) is 17.9. The fraction of sp³-hybridized carbons (Fsp3) is 0.182. The van der Waals surface area contributed by atoms with Crippen LogP contribution in [0.3, 0.4) is 0 Å². The molecule has 0 amide bonds. The number of anilines is 1. The number of carboxylic acids is 1. The molecule has 0 radical (unpaired) electrons. The van der Waals surface area contributed by atoms with Gasteiger partial charge in [0.1, 0.15) is 0 Å². The Balaban J connectivity index is 1.99. The molecule has 0 saturated carbocycles. The van der Waals surface area contributed by atoms with Crippen molar-refractivity contribution in [2.24, 2.45) is 0 Å². The highest BCUT2D eigenvalue weighted by Gasteiger charge is 2.16. The molecule has 0 saturated heterocycles. The van der Waals surface area contributed by atoms with Gasteiger partial charge in [-0.05, 0) is 29.8 Å². The first kappa shape index (κ1) is 21.7. The molecule has 1 N–H and O–H groups in total. The van der Waals surface area contributed by atoms with Crippen LogP contribution in [-0.4, -0.2) is 30.3 Å². The van der Waals surface area contributed by atoms with Crippen LogP contribution < -0.4 is 14.4 Å². The number of carboxylic acid groups (broad SMARTS) is 1. The van der Waals surface area contributed by atoms with Crippen LogP contribution in [0.4, 0.5) is 5.69 Å². The number of halogens is 2. The molecule has 0 unspecified atom stereocenters. The number of carbonyl (C=O) groups is 1. The van der Waals surface area contributed by atoms with Crippen LogP contribution in [0.1, 0.15) is 21.5 Å². The fourth-order valence-corrected chi connectivity index (χ4v) is 3.50. The average molecular weight is 447 g/mol. The Labute approximate surface area is 184 Å². The SMILES string of the molecule is COc1ccc(N(Cc2ccc(C(=O)O)cc2)Cc2c(Cl)cncc2Cl)cc1OC. The molecule has 1 heterocycles. The van der Waals surface area contributed by atoms with E-state index in [1.807, 2.05) is 18.2 Å². The van der Waals surface area contributed by atoms with Gasteiger partial charge in [0.15, 0.2) is 11.5 Å². The van der Waals surface area contributed by atoms with Gasteiger partial charge in [0.05, 0.1) is 29.8 Å². The van der Waals surface area contributed by atoms with E-state index in [9.17, 15) is 4.79 Å². The molecule has 3 aromatic rings. The van der Waals surface area contributed by atoms with Gasteiger partial charge in [-0.25, -0.2) is 4.79 Å². The van der Waals surface area contributed by atoms with Gasteiger partial charge in [-0.3, -0.25) is 4.98 Å². The van der Waals surface area contributed by atoms with E-state index in [-0.39, 0.29) is 5.56 Å².